The Morgan fingerprint density at radius 3 is 2.70 bits per heavy atom. The molecule has 1 aromatic rings. The lowest BCUT2D eigenvalue weighted by molar-refractivity contribution is -0.117. The number of hydrogen-bond donors (Lipinski definition) is 2. The Labute approximate surface area is 125 Å². The second-order valence-corrected chi connectivity index (χ2v) is 6.33. The minimum Gasteiger partial charge on any atom is -0.399 e. The summed E-state index contributed by atoms with van der Waals surface area (Å²) in [6, 6.07) is 5.09. The van der Waals surface area contributed by atoms with Gasteiger partial charge in [0.2, 0.25) is 5.91 Å². The van der Waals surface area contributed by atoms with Crippen molar-refractivity contribution in [2.24, 2.45) is 11.8 Å². The van der Waals surface area contributed by atoms with Crippen LogP contribution in [0.3, 0.4) is 0 Å². The number of likely N-dealkylation sites (tertiary alicyclic amines) is 1. The minimum atomic E-state index is -0.0428. The molecule has 0 spiro atoms. The summed E-state index contributed by atoms with van der Waals surface area (Å²) in [6.45, 7) is 6.81. The maximum absolute atomic E-state index is 12.1. The Bertz CT molecular complexity index is 482. The topological polar surface area (TPSA) is 58.4 Å². The van der Waals surface area contributed by atoms with Crippen LogP contribution >= 0.6 is 11.6 Å². The normalized spacial score (nSPS) is 23.6. The van der Waals surface area contributed by atoms with Crippen molar-refractivity contribution in [2.45, 2.75) is 20.3 Å². The third-order valence-corrected chi connectivity index (χ3v) is 3.91. The molecule has 2 atom stereocenters. The summed E-state index contributed by atoms with van der Waals surface area (Å²) in [4.78, 5) is 14.3. The molecule has 1 fully saturated rings. The molecular weight excluding hydrogens is 274 g/mol. The number of nitrogen functional groups attached to an aromatic ring is 1. The Kier molecular flexibility index (Phi) is 4.89. The summed E-state index contributed by atoms with van der Waals surface area (Å²) in [6.07, 6.45) is 1.24. The first-order valence-electron chi connectivity index (χ1n) is 7.01. The van der Waals surface area contributed by atoms with Crippen molar-refractivity contribution in [3.8, 4) is 0 Å². The number of nitrogens with one attached hydrogen (secondary N) is 1. The summed E-state index contributed by atoms with van der Waals surface area (Å²) in [7, 11) is 0. The molecule has 0 radical (unpaired) electrons. The first kappa shape index (κ1) is 15.1. The van der Waals surface area contributed by atoms with Crippen LogP contribution in [0.2, 0.25) is 5.02 Å². The van der Waals surface area contributed by atoms with Crippen molar-refractivity contribution in [3.63, 3.8) is 0 Å². The van der Waals surface area contributed by atoms with Gasteiger partial charge in [-0.25, -0.2) is 0 Å². The summed E-state index contributed by atoms with van der Waals surface area (Å²) >= 11 is 6.05. The van der Waals surface area contributed by atoms with Gasteiger partial charge in [-0.2, -0.15) is 0 Å². The van der Waals surface area contributed by atoms with E-state index in [9.17, 15) is 4.79 Å². The van der Waals surface area contributed by atoms with E-state index in [4.69, 9.17) is 17.3 Å². The highest BCUT2D eigenvalue weighted by molar-refractivity contribution is 6.33. The summed E-state index contributed by atoms with van der Waals surface area (Å²) in [5, 5.41) is 3.34. The lowest BCUT2D eigenvalue weighted by atomic mass is 9.92. The number of piperidine rings is 1. The van der Waals surface area contributed by atoms with Crippen molar-refractivity contribution < 1.29 is 4.79 Å². The average molecular weight is 296 g/mol. The van der Waals surface area contributed by atoms with E-state index in [0.717, 1.165) is 13.1 Å². The molecule has 1 saturated heterocycles. The van der Waals surface area contributed by atoms with Crippen molar-refractivity contribution >= 4 is 28.9 Å². The van der Waals surface area contributed by atoms with Crippen LogP contribution < -0.4 is 11.1 Å². The number of amides is 1. The zero-order valence-corrected chi connectivity index (χ0v) is 12.8. The van der Waals surface area contributed by atoms with Gasteiger partial charge in [0.05, 0.1) is 17.3 Å². The van der Waals surface area contributed by atoms with Crippen LogP contribution in [-0.2, 0) is 4.79 Å². The van der Waals surface area contributed by atoms with Crippen molar-refractivity contribution in [2.75, 3.05) is 30.7 Å². The van der Waals surface area contributed by atoms with Gasteiger partial charge in [0.1, 0.15) is 0 Å². The molecule has 5 heteroatoms. The van der Waals surface area contributed by atoms with E-state index in [-0.39, 0.29) is 5.91 Å². The molecule has 110 valence electrons. The number of anilines is 2. The van der Waals surface area contributed by atoms with Gasteiger partial charge in [0.25, 0.3) is 0 Å². The molecule has 2 unspecified atom stereocenters. The van der Waals surface area contributed by atoms with Gasteiger partial charge in [-0.3, -0.25) is 9.69 Å². The second kappa shape index (κ2) is 6.46. The van der Waals surface area contributed by atoms with Gasteiger partial charge < -0.3 is 11.1 Å². The smallest absolute Gasteiger partial charge is 0.238 e. The summed E-state index contributed by atoms with van der Waals surface area (Å²) in [5.41, 5.74) is 6.87. The number of carbonyl (C=O) groups excluding carboxylic acids is 1. The largest absolute Gasteiger partial charge is 0.399 e. The van der Waals surface area contributed by atoms with Crippen molar-refractivity contribution in [3.05, 3.63) is 23.2 Å². The van der Waals surface area contributed by atoms with Gasteiger partial charge in [-0.1, -0.05) is 25.4 Å². The molecule has 0 aliphatic carbocycles. The van der Waals surface area contributed by atoms with E-state index < -0.39 is 0 Å². The number of benzene rings is 1. The Hall–Kier alpha value is -1.26. The predicted octanol–water partition coefficient (Wildman–Crippen LogP) is 2.84. The quantitative estimate of drug-likeness (QED) is 0.843. The van der Waals surface area contributed by atoms with E-state index in [2.05, 4.69) is 24.1 Å². The van der Waals surface area contributed by atoms with Gasteiger partial charge in [-0.15, -0.1) is 0 Å². The molecule has 1 aromatic carbocycles. The second-order valence-electron chi connectivity index (χ2n) is 5.93. The Morgan fingerprint density at radius 1 is 1.40 bits per heavy atom. The summed E-state index contributed by atoms with van der Waals surface area (Å²) < 4.78 is 0. The van der Waals surface area contributed by atoms with Crippen LogP contribution in [0, 0.1) is 11.8 Å². The number of hydrogen-bond acceptors (Lipinski definition) is 3. The molecule has 1 aliphatic heterocycles. The first-order valence-corrected chi connectivity index (χ1v) is 7.39. The number of carbonyl (C=O) groups is 1. The fourth-order valence-electron chi connectivity index (χ4n) is 2.95. The standard InChI is InChI=1S/C15H22ClN3O/c1-10-5-11(2)8-19(7-10)9-15(20)18-14-6-12(17)3-4-13(14)16/h3-4,6,10-11H,5,7-9,17H2,1-2H3,(H,18,20). The zero-order valence-electron chi connectivity index (χ0n) is 12.0. The lowest BCUT2D eigenvalue weighted by Crippen LogP contribution is -2.42. The first-order chi connectivity index (χ1) is 9.44. The van der Waals surface area contributed by atoms with Gasteiger partial charge in [0, 0.05) is 18.8 Å². The highest BCUT2D eigenvalue weighted by Crippen LogP contribution is 2.24. The van der Waals surface area contributed by atoms with Gasteiger partial charge >= 0.3 is 0 Å². The predicted molar refractivity (Wildman–Crippen MR) is 83.9 cm³/mol. The Morgan fingerprint density at radius 2 is 2.05 bits per heavy atom. The van der Waals surface area contributed by atoms with Crippen LogP contribution in [0.1, 0.15) is 20.3 Å². The fraction of sp³-hybridized carbons (Fsp3) is 0.533. The van der Waals surface area contributed by atoms with Crippen LogP contribution in [0.5, 0.6) is 0 Å². The number of nitrogens with two attached hydrogens (primary N) is 1. The molecule has 1 amide bonds. The van der Waals surface area contributed by atoms with E-state index in [1.165, 1.54) is 6.42 Å². The Balaban J connectivity index is 1.93. The van der Waals surface area contributed by atoms with E-state index in [1.807, 2.05) is 0 Å². The maximum Gasteiger partial charge on any atom is 0.238 e. The number of rotatable bonds is 3. The SMILES string of the molecule is CC1CC(C)CN(CC(=O)Nc2cc(N)ccc2Cl)C1. The maximum atomic E-state index is 12.1. The molecule has 20 heavy (non-hydrogen) atoms. The molecule has 0 bridgehead atoms. The van der Waals surface area contributed by atoms with E-state index in [0.29, 0.717) is 34.8 Å². The van der Waals surface area contributed by atoms with Crippen LogP contribution in [0.25, 0.3) is 0 Å². The monoisotopic (exact) mass is 295 g/mol. The van der Waals surface area contributed by atoms with Crippen LogP contribution in [0.15, 0.2) is 18.2 Å². The molecule has 2 rings (SSSR count). The summed E-state index contributed by atoms with van der Waals surface area (Å²) in [5.74, 6) is 1.24. The van der Waals surface area contributed by atoms with Crippen LogP contribution in [0.4, 0.5) is 11.4 Å². The third-order valence-electron chi connectivity index (χ3n) is 3.58. The van der Waals surface area contributed by atoms with Crippen LogP contribution in [-0.4, -0.2) is 30.4 Å². The molecule has 3 N–H and O–H groups in total. The van der Waals surface area contributed by atoms with Gasteiger partial charge in [0.15, 0.2) is 0 Å². The van der Waals surface area contributed by atoms with Crippen molar-refractivity contribution in [1.29, 1.82) is 0 Å². The highest BCUT2D eigenvalue weighted by atomic mass is 35.5. The molecule has 1 aliphatic rings. The van der Waals surface area contributed by atoms with Gasteiger partial charge in [-0.05, 0) is 36.5 Å². The zero-order chi connectivity index (χ0) is 14.7. The molecular formula is C15H22ClN3O. The molecule has 0 aromatic heterocycles. The third kappa shape index (κ3) is 4.12. The molecule has 1 heterocycles. The molecule has 4 nitrogen and oxygen atoms in total. The molecule has 0 saturated carbocycles. The van der Waals surface area contributed by atoms with Crippen molar-refractivity contribution in [1.82, 2.24) is 4.90 Å². The van der Waals surface area contributed by atoms with E-state index in [1.54, 1.807) is 18.2 Å². The number of nitrogens with zero attached hydrogens (tertiary/aromatic N) is 1. The van der Waals surface area contributed by atoms with E-state index >= 15 is 0 Å². The minimum absolute atomic E-state index is 0.0428. The lowest BCUT2D eigenvalue weighted by Gasteiger charge is -2.34. The highest BCUT2D eigenvalue weighted by Gasteiger charge is 2.23. The number of halogens is 1. The average Bonchev–Trinajstić information content (AvgIpc) is 2.32. The fourth-order valence-corrected chi connectivity index (χ4v) is 3.12.